The van der Waals surface area contributed by atoms with Gasteiger partial charge in [0.2, 0.25) is 11.8 Å². The van der Waals surface area contributed by atoms with Crippen LogP contribution in [-0.2, 0) is 16.1 Å². The van der Waals surface area contributed by atoms with Crippen LogP contribution in [0.1, 0.15) is 11.1 Å². The van der Waals surface area contributed by atoms with Gasteiger partial charge < -0.3 is 20.1 Å². The van der Waals surface area contributed by atoms with Crippen molar-refractivity contribution in [1.29, 1.82) is 0 Å². The number of carbonyl (C=O) groups is 2. The van der Waals surface area contributed by atoms with E-state index in [1.807, 2.05) is 75.3 Å². The maximum absolute atomic E-state index is 13.5. The first-order valence-corrected chi connectivity index (χ1v) is 13.1. The summed E-state index contributed by atoms with van der Waals surface area (Å²) in [6.45, 7) is 3.87. The van der Waals surface area contributed by atoms with Crippen molar-refractivity contribution in [1.82, 2.24) is 9.55 Å². The Morgan fingerprint density at radius 2 is 1.58 bits per heavy atom. The fourth-order valence-corrected chi connectivity index (χ4v) is 4.76. The summed E-state index contributed by atoms with van der Waals surface area (Å²) in [7, 11) is 3.90. The van der Waals surface area contributed by atoms with Crippen LogP contribution >= 0.6 is 11.8 Å². The molecule has 4 rings (SSSR count). The van der Waals surface area contributed by atoms with E-state index in [2.05, 4.69) is 15.6 Å². The summed E-state index contributed by atoms with van der Waals surface area (Å²) in [6.07, 6.45) is 1.64. The zero-order valence-corrected chi connectivity index (χ0v) is 22.6. The van der Waals surface area contributed by atoms with Crippen LogP contribution < -0.4 is 15.5 Å². The van der Waals surface area contributed by atoms with Gasteiger partial charge in [0, 0.05) is 31.2 Å². The van der Waals surface area contributed by atoms with Gasteiger partial charge in [-0.2, -0.15) is 0 Å². The molecule has 0 saturated carbocycles. The number of carbonyl (C=O) groups excluding carboxylic acids is 2. The van der Waals surface area contributed by atoms with Crippen LogP contribution in [0.3, 0.4) is 0 Å². The van der Waals surface area contributed by atoms with Gasteiger partial charge in [0.15, 0.2) is 5.16 Å². The molecular formula is C29H30FN5O2S. The lowest BCUT2D eigenvalue weighted by Gasteiger charge is -2.15. The third kappa shape index (κ3) is 6.60. The largest absolute Gasteiger partial charge is 0.378 e. The van der Waals surface area contributed by atoms with Crippen molar-refractivity contribution in [2.45, 2.75) is 25.5 Å². The molecule has 0 radical (unpaired) electrons. The van der Waals surface area contributed by atoms with E-state index >= 15 is 0 Å². The van der Waals surface area contributed by atoms with Crippen molar-refractivity contribution in [2.75, 3.05) is 35.4 Å². The molecule has 196 valence electrons. The van der Waals surface area contributed by atoms with Gasteiger partial charge in [-0.1, -0.05) is 30.0 Å². The maximum atomic E-state index is 13.5. The van der Waals surface area contributed by atoms with E-state index in [4.69, 9.17) is 0 Å². The highest BCUT2D eigenvalue weighted by molar-refractivity contribution is 7.99. The van der Waals surface area contributed by atoms with Crippen molar-refractivity contribution >= 4 is 40.6 Å². The molecule has 0 saturated heterocycles. The molecule has 7 nitrogen and oxygen atoms in total. The third-order valence-corrected chi connectivity index (χ3v) is 7.00. The summed E-state index contributed by atoms with van der Waals surface area (Å²) >= 11 is 1.24. The average Bonchev–Trinajstić information content (AvgIpc) is 3.28. The molecule has 0 spiro atoms. The predicted molar refractivity (Wildman–Crippen MR) is 152 cm³/mol. The lowest BCUT2D eigenvalue weighted by Crippen LogP contribution is -2.21. The van der Waals surface area contributed by atoms with E-state index in [1.54, 1.807) is 22.9 Å². The molecule has 9 heteroatoms. The number of amides is 2. The third-order valence-electron chi connectivity index (χ3n) is 6.01. The van der Waals surface area contributed by atoms with Gasteiger partial charge in [-0.15, -0.1) is 0 Å². The molecule has 0 aliphatic carbocycles. The number of aryl methyl sites for hydroxylation is 2. The van der Waals surface area contributed by atoms with Crippen LogP contribution in [0.4, 0.5) is 21.5 Å². The molecule has 1 heterocycles. The Hall–Kier alpha value is -4.11. The molecule has 0 aliphatic heterocycles. The van der Waals surface area contributed by atoms with Crippen LogP contribution in [0.15, 0.2) is 78.1 Å². The zero-order chi connectivity index (χ0) is 27.2. The molecule has 3 aromatic carbocycles. The Balaban J connectivity index is 1.52. The molecule has 0 bridgehead atoms. The van der Waals surface area contributed by atoms with Crippen molar-refractivity contribution in [3.05, 3.63) is 89.9 Å². The Labute approximate surface area is 226 Å². The molecule has 2 N–H and O–H groups in total. The number of nitrogens with one attached hydrogen (secondary N) is 2. The highest BCUT2D eigenvalue weighted by Crippen LogP contribution is 2.27. The standard InChI is InChI=1S/C29H30FN5O2S/c1-19-6-5-7-20(2)28(19)33-27(37)18-38-29-31-16-25(21-8-10-22(30)11-9-21)35(29)17-26(36)32-23-12-14-24(15-13-23)34(3)4/h5-16H,17-18H2,1-4H3,(H,32,36)(H,33,37). The number of hydrogen-bond acceptors (Lipinski definition) is 5. The smallest absolute Gasteiger partial charge is 0.244 e. The second-order valence-electron chi connectivity index (χ2n) is 9.11. The summed E-state index contributed by atoms with van der Waals surface area (Å²) in [5.74, 6) is -0.653. The highest BCUT2D eigenvalue weighted by Gasteiger charge is 2.17. The molecule has 1 aromatic heterocycles. The van der Waals surface area contributed by atoms with Crippen molar-refractivity contribution in [3.8, 4) is 11.3 Å². The minimum absolute atomic E-state index is 0.0248. The number of benzene rings is 3. The number of imidazole rings is 1. The van der Waals surface area contributed by atoms with Crippen molar-refractivity contribution in [3.63, 3.8) is 0 Å². The normalized spacial score (nSPS) is 10.8. The highest BCUT2D eigenvalue weighted by atomic mass is 32.2. The molecular weight excluding hydrogens is 501 g/mol. The van der Waals surface area contributed by atoms with Crippen LogP contribution in [0.25, 0.3) is 11.3 Å². The van der Waals surface area contributed by atoms with Gasteiger partial charge >= 0.3 is 0 Å². The first kappa shape index (κ1) is 26.9. The van der Waals surface area contributed by atoms with Crippen LogP contribution in [0.2, 0.25) is 0 Å². The van der Waals surface area contributed by atoms with Gasteiger partial charge in [0.05, 0.1) is 17.6 Å². The van der Waals surface area contributed by atoms with Crippen molar-refractivity contribution < 1.29 is 14.0 Å². The lowest BCUT2D eigenvalue weighted by atomic mass is 10.1. The Morgan fingerprint density at radius 1 is 0.921 bits per heavy atom. The summed E-state index contributed by atoms with van der Waals surface area (Å²) in [5, 5.41) is 6.41. The minimum atomic E-state index is -0.350. The van der Waals surface area contributed by atoms with Gasteiger partial charge in [-0.3, -0.25) is 9.59 Å². The zero-order valence-electron chi connectivity index (χ0n) is 21.8. The summed E-state index contributed by atoms with van der Waals surface area (Å²) in [6, 6.07) is 19.4. The van der Waals surface area contributed by atoms with Crippen molar-refractivity contribution in [2.24, 2.45) is 0 Å². The number of halogens is 1. The summed E-state index contributed by atoms with van der Waals surface area (Å²) in [4.78, 5) is 32.3. The van der Waals surface area contributed by atoms with E-state index in [-0.39, 0.29) is 29.9 Å². The molecule has 0 atom stereocenters. The number of aromatic nitrogens is 2. The van der Waals surface area contributed by atoms with E-state index in [0.717, 1.165) is 22.5 Å². The number of hydrogen-bond donors (Lipinski definition) is 2. The molecule has 2 amide bonds. The first-order valence-electron chi connectivity index (χ1n) is 12.1. The van der Waals surface area contributed by atoms with Gasteiger partial charge in [-0.05, 0) is 79.1 Å². The summed E-state index contributed by atoms with van der Waals surface area (Å²) in [5.41, 5.74) is 5.83. The summed E-state index contributed by atoms with van der Waals surface area (Å²) < 4.78 is 15.3. The minimum Gasteiger partial charge on any atom is -0.378 e. The fraction of sp³-hybridized carbons (Fsp3) is 0.207. The van der Waals surface area contributed by atoms with E-state index < -0.39 is 0 Å². The number of thioether (sulfide) groups is 1. The monoisotopic (exact) mass is 531 g/mol. The van der Waals surface area contributed by atoms with Crippen LogP contribution in [-0.4, -0.2) is 41.2 Å². The lowest BCUT2D eigenvalue weighted by molar-refractivity contribution is -0.117. The molecule has 0 unspecified atom stereocenters. The van der Waals surface area contributed by atoms with E-state index in [9.17, 15) is 14.0 Å². The number of nitrogens with zero attached hydrogens (tertiary/aromatic N) is 3. The van der Waals surface area contributed by atoms with Gasteiger partial charge in [0.25, 0.3) is 0 Å². The van der Waals surface area contributed by atoms with Gasteiger partial charge in [-0.25, -0.2) is 9.37 Å². The second kappa shape index (κ2) is 12.0. The van der Waals surface area contributed by atoms with E-state index in [0.29, 0.717) is 22.1 Å². The number of rotatable bonds is 9. The maximum Gasteiger partial charge on any atom is 0.244 e. The Bertz CT molecular complexity index is 1410. The topological polar surface area (TPSA) is 79.3 Å². The number of para-hydroxylation sites is 1. The molecule has 0 fully saturated rings. The molecule has 38 heavy (non-hydrogen) atoms. The SMILES string of the molecule is Cc1cccc(C)c1NC(=O)CSc1ncc(-c2ccc(F)cc2)n1CC(=O)Nc1ccc(N(C)C)cc1. The first-order chi connectivity index (χ1) is 18.2. The fourth-order valence-electron chi connectivity index (χ4n) is 3.98. The van der Waals surface area contributed by atoms with Crippen LogP contribution in [0.5, 0.6) is 0 Å². The average molecular weight is 532 g/mol. The number of anilines is 3. The Morgan fingerprint density at radius 3 is 2.21 bits per heavy atom. The molecule has 0 aliphatic rings. The quantitative estimate of drug-likeness (QED) is 0.269. The second-order valence-corrected chi connectivity index (χ2v) is 10.1. The van der Waals surface area contributed by atoms with Gasteiger partial charge in [0.1, 0.15) is 12.4 Å². The predicted octanol–water partition coefficient (Wildman–Crippen LogP) is 5.74. The Kier molecular flexibility index (Phi) is 8.48. The molecule has 4 aromatic rings. The van der Waals surface area contributed by atoms with E-state index in [1.165, 1.54) is 23.9 Å². The van der Waals surface area contributed by atoms with Crippen LogP contribution in [0, 0.1) is 19.7 Å².